The summed E-state index contributed by atoms with van der Waals surface area (Å²) in [4.78, 5) is 41.1. The lowest BCUT2D eigenvalue weighted by Gasteiger charge is -2.31. The Hall–Kier alpha value is -3.24. The number of carbonyl (C=O) groups is 3. The number of nitrogens with zero attached hydrogens (tertiary/aromatic N) is 1. The van der Waals surface area contributed by atoms with Crippen LogP contribution in [0.15, 0.2) is 42.5 Å². The van der Waals surface area contributed by atoms with E-state index in [1.165, 1.54) is 32.0 Å². The first-order valence-corrected chi connectivity index (χ1v) is 12.1. The van der Waals surface area contributed by atoms with Gasteiger partial charge in [-0.2, -0.15) is 11.8 Å². The summed E-state index contributed by atoms with van der Waals surface area (Å²) in [6, 6.07) is 10.2. The molecule has 0 unspecified atom stereocenters. The van der Waals surface area contributed by atoms with Gasteiger partial charge in [-0.25, -0.2) is 4.90 Å². The van der Waals surface area contributed by atoms with Crippen molar-refractivity contribution in [2.75, 3.05) is 31.1 Å². The molecular weight excluding hydrogens is 460 g/mol. The standard InChI is InChI=1S/C24H26N2O7S/c1-32-14-6-4-13(5-7-14)26-21(28)18-19(22(26)29)24(23(30)31,10-11-34-3)25-20(18)16-9-8-15(33-2)12-17(16)27/h4-9,12,18-20,25,27H,10-11H2,1-3H3,(H,30,31)/t18-,19-,20-,24-/m0/s1. The summed E-state index contributed by atoms with van der Waals surface area (Å²) < 4.78 is 10.3. The summed E-state index contributed by atoms with van der Waals surface area (Å²) in [6.07, 6.45) is 1.98. The number of benzene rings is 2. The van der Waals surface area contributed by atoms with Crippen molar-refractivity contribution < 1.29 is 34.1 Å². The lowest BCUT2D eigenvalue weighted by atomic mass is 9.78. The van der Waals surface area contributed by atoms with Gasteiger partial charge in [-0.3, -0.25) is 19.7 Å². The van der Waals surface area contributed by atoms with Crippen LogP contribution in [-0.2, 0) is 14.4 Å². The maximum atomic E-state index is 13.7. The molecule has 4 atom stereocenters. The molecule has 0 radical (unpaired) electrons. The Morgan fingerprint density at radius 2 is 1.74 bits per heavy atom. The van der Waals surface area contributed by atoms with Gasteiger partial charge in [-0.15, -0.1) is 0 Å². The fourth-order valence-corrected chi connectivity index (χ4v) is 5.49. The number of nitrogens with one attached hydrogen (secondary N) is 1. The molecule has 2 amide bonds. The molecule has 2 aromatic carbocycles. The van der Waals surface area contributed by atoms with E-state index in [0.29, 0.717) is 28.5 Å². The number of thioether (sulfide) groups is 1. The van der Waals surface area contributed by atoms with Crippen LogP contribution in [0.3, 0.4) is 0 Å². The van der Waals surface area contributed by atoms with Crippen LogP contribution >= 0.6 is 11.8 Å². The van der Waals surface area contributed by atoms with E-state index < -0.39 is 41.2 Å². The summed E-state index contributed by atoms with van der Waals surface area (Å²) in [5, 5.41) is 24.1. The highest BCUT2D eigenvalue weighted by Gasteiger charge is 2.68. The van der Waals surface area contributed by atoms with Gasteiger partial charge >= 0.3 is 5.97 Å². The molecule has 2 saturated heterocycles. The monoisotopic (exact) mass is 486 g/mol. The van der Waals surface area contributed by atoms with Gasteiger partial charge in [-0.1, -0.05) is 6.07 Å². The average Bonchev–Trinajstić information content (AvgIpc) is 3.31. The molecule has 2 aliphatic heterocycles. The van der Waals surface area contributed by atoms with Gasteiger partial charge < -0.3 is 19.7 Å². The van der Waals surface area contributed by atoms with Crippen LogP contribution in [0.1, 0.15) is 18.0 Å². The lowest BCUT2D eigenvalue weighted by molar-refractivity contribution is -0.148. The molecule has 34 heavy (non-hydrogen) atoms. The largest absolute Gasteiger partial charge is 0.507 e. The molecule has 0 bridgehead atoms. The predicted molar refractivity (Wildman–Crippen MR) is 126 cm³/mol. The molecule has 0 aromatic heterocycles. The maximum Gasteiger partial charge on any atom is 0.324 e. The summed E-state index contributed by atoms with van der Waals surface area (Å²) in [7, 11) is 2.97. The molecule has 180 valence electrons. The second-order valence-electron chi connectivity index (χ2n) is 8.28. The number of carboxylic acids is 1. The van der Waals surface area contributed by atoms with E-state index >= 15 is 0 Å². The highest BCUT2D eigenvalue weighted by Crippen LogP contribution is 2.52. The Bertz CT molecular complexity index is 1120. The first-order chi connectivity index (χ1) is 16.3. The van der Waals surface area contributed by atoms with E-state index in [9.17, 15) is 24.6 Å². The molecule has 0 spiro atoms. The molecule has 0 aliphatic carbocycles. The molecule has 4 rings (SSSR count). The number of rotatable bonds is 8. The summed E-state index contributed by atoms with van der Waals surface area (Å²) in [5.41, 5.74) is -0.994. The van der Waals surface area contributed by atoms with Gasteiger partial charge in [0.1, 0.15) is 22.8 Å². The van der Waals surface area contributed by atoms with Crippen molar-refractivity contribution in [3.8, 4) is 17.2 Å². The van der Waals surface area contributed by atoms with Crippen molar-refractivity contribution in [2.45, 2.75) is 18.0 Å². The van der Waals surface area contributed by atoms with E-state index in [1.807, 2.05) is 6.26 Å². The Balaban J connectivity index is 1.84. The molecule has 10 heteroatoms. The molecule has 2 aliphatic rings. The number of ether oxygens (including phenoxy) is 2. The number of anilines is 1. The molecule has 0 saturated carbocycles. The Morgan fingerprint density at radius 1 is 1.09 bits per heavy atom. The van der Waals surface area contributed by atoms with Gasteiger partial charge in [-0.05, 0) is 48.8 Å². The number of hydrogen-bond donors (Lipinski definition) is 3. The third-order valence-electron chi connectivity index (χ3n) is 6.64. The first kappa shape index (κ1) is 23.9. The molecule has 2 heterocycles. The number of amides is 2. The van der Waals surface area contributed by atoms with Crippen LogP contribution < -0.4 is 19.7 Å². The number of aromatic hydroxyl groups is 1. The molecule has 9 nitrogen and oxygen atoms in total. The number of fused-ring (bicyclic) bond motifs is 1. The van der Waals surface area contributed by atoms with E-state index in [0.717, 1.165) is 4.90 Å². The highest BCUT2D eigenvalue weighted by atomic mass is 32.2. The first-order valence-electron chi connectivity index (χ1n) is 10.7. The van der Waals surface area contributed by atoms with Crippen molar-refractivity contribution in [2.24, 2.45) is 11.8 Å². The van der Waals surface area contributed by atoms with Crippen LogP contribution in [0.2, 0.25) is 0 Å². The number of carbonyl (C=O) groups excluding carboxylic acids is 2. The number of imide groups is 1. The van der Waals surface area contributed by atoms with Crippen LogP contribution in [0, 0.1) is 11.8 Å². The van der Waals surface area contributed by atoms with Crippen molar-refractivity contribution in [1.82, 2.24) is 5.32 Å². The lowest BCUT2D eigenvalue weighted by Crippen LogP contribution is -2.56. The zero-order chi connectivity index (χ0) is 24.6. The molecule has 2 fully saturated rings. The molecule has 2 aromatic rings. The van der Waals surface area contributed by atoms with Crippen molar-refractivity contribution >= 4 is 35.2 Å². The SMILES string of the molecule is COc1ccc(N2C(=O)[C@H]3[C@@H](C2=O)[C@@](CCSC)(C(=O)O)N[C@H]3c2ccc(OC)cc2O)cc1. The minimum Gasteiger partial charge on any atom is -0.507 e. The van der Waals surface area contributed by atoms with E-state index in [1.54, 1.807) is 36.4 Å². The quantitative estimate of drug-likeness (QED) is 0.482. The van der Waals surface area contributed by atoms with E-state index in [4.69, 9.17) is 9.47 Å². The number of carboxylic acid groups (broad SMARTS) is 1. The van der Waals surface area contributed by atoms with Gasteiger partial charge in [0.25, 0.3) is 0 Å². The second-order valence-corrected chi connectivity index (χ2v) is 9.27. The minimum absolute atomic E-state index is 0.132. The van der Waals surface area contributed by atoms with Gasteiger partial charge in [0.05, 0.1) is 31.7 Å². The van der Waals surface area contributed by atoms with Crippen LogP contribution in [0.4, 0.5) is 5.69 Å². The summed E-state index contributed by atoms with van der Waals surface area (Å²) >= 11 is 1.45. The van der Waals surface area contributed by atoms with Gasteiger partial charge in [0, 0.05) is 17.7 Å². The Kier molecular flexibility index (Phi) is 6.46. The maximum absolute atomic E-state index is 13.7. The fraction of sp³-hybridized carbons (Fsp3) is 0.375. The van der Waals surface area contributed by atoms with E-state index in [2.05, 4.69) is 5.32 Å². The number of hydrogen-bond acceptors (Lipinski definition) is 8. The minimum atomic E-state index is -1.67. The number of phenolic OH excluding ortho intramolecular Hbond substituents is 1. The number of aliphatic carboxylic acids is 1. The zero-order valence-corrected chi connectivity index (χ0v) is 19.8. The van der Waals surface area contributed by atoms with Crippen molar-refractivity contribution in [3.63, 3.8) is 0 Å². The van der Waals surface area contributed by atoms with E-state index in [-0.39, 0.29) is 12.2 Å². The normalized spacial score (nSPS) is 26.0. The van der Waals surface area contributed by atoms with Crippen molar-refractivity contribution in [1.29, 1.82) is 0 Å². The van der Waals surface area contributed by atoms with Gasteiger partial charge in [0.15, 0.2) is 0 Å². The third kappa shape index (κ3) is 3.67. The number of phenols is 1. The second kappa shape index (κ2) is 9.19. The number of methoxy groups -OCH3 is 2. The summed E-state index contributed by atoms with van der Waals surface area (Å²) in [6.45, 7) is 0. The van der Waals surface area contributed by atoms with Gasteiger partial charge in [0.2, 0.25) is 11.8 Å². The predicted octanol–water partition coefficient (Wildman–Crippen LogP) is 2.44. The van der Waals surface area contributed by atoms with Crippen LogP contribution in [-0.4, -0.2) is 59.8 Å². The fourth-order valence-electron chi connectivity index (χ4n) is 4.97. The highest BCUT2D eigenvalue weighted by molar-refractivity contribution is 7.98. The molecular formula is C24H26N2O7S. The molecule has 3 N–H and O–H groups in total. The third-order valence-corrected chi connectivity index (χ3v) is 7.25. The summed E-state index contributed by atoms with van der Waals surface area (Å²) in [5.74, 6) is -3.15. The Morgan fingerprint density at radius 3 is 2.29 bits per heavy atom. The Labute approximate surface area is 201 Å². The average molecular weight is 487 g/mol. The van der Waals surface area contributed by atoms with Crippen molar-refractivity contribution in [3.05, 3.63) is 48.0 Å². The smallest absolute Gasteiger partial charge is 0.324 e. The topological polar surface area (TPSA) is 125 Å². The van der Waals surface area contributed by atoms with Crippen LogP contribution in [0.5, 0.6) is 17.2 Å². The van der Waals surface area contributed by atoms with Crippen LogP contribution in [0.25, 0.3) is 0 Å². The zero-order valence-electron chi connectivity index (χ0n) is 19.0.